The normalized spacial score (nSPS) is 37.0. The average Bonchev–Trinajstić information content (AvgIpc) is 1.88. The van der Waals surface area contributed by atoms with Crippen LogP contribution in [0.25, 0.3) is 0 Å². The van der Waals surface area contributed by atoms with Crippen LogP contribution in [0.15, 0.2) is 0 Å². The molecule has 1 nitrogen and oxygen atoms in total. The molecule has 0 unspecified atom stereocenters. The monoisotopic (exact) mass is 153 g/mol. The van der Waals surface area contributed by atoms with Crippen molar-refractivity contribution in [3.05, 3.63) is 0 Å². The summed E-state index contributed by atoms with van der Waals surface area (Å²) in [6.07, 6.45) is 4.39. The Bertz CT molecular complexity index is 92.3. The van der Waals surface area contributed by atoms with Crippen molar-refractivity contribution in [2.24, 2.45) is 17.8 Å². The Kier molecular flexibility index (Phi) is 4.94. The van der Waals surface area contributed by atoms with Gasteiger partial charge in [-0.2, -0.15) is 0 Å². The zero-order chi connectivity index (χ0) is 8.85. The summed E-state index contributed by atoms with van der Waals surface area (Å²) < 4.78 is 0. The van der Waals surface area contributed by atoms with Crippen molar-refractivity contribution < 1.29 is 0 Å². The minimum Gasteiger partial charge on any atom is -0.202 e. The molecule has 1 aliphatic rings. The molecular weight excluding hydrogens is 134 g/mol. The Morgan fingerprint density at radius 3 is 1.18 bits per heavy atom. The third-order valence-electron chi connectivity index (χ3n) is 2.41. The fourth-order valence-electron chi connectivity index (χ4n) is 2.35. The summed E-state index contributed by atoms with van der Waals surface area (Å²) in [6, 6.07) is 0. The van der Waals surface area contributed by atoms with E-state index in [-0.39, 0.29) is 0 Å². The van der Waals surface area contributed by atoms with Gasteiger partial charge in [0, 0.05) is 6.57 Å². The van der Waals surface area contributed by atoms with E-state index < -0.39 is 0 Å². The van der Waals surface area contributed by atoms with Crippen LogP contribution in [0.5, 0.6) is 0 Å². The van der Waals surface area contributed by atoms with Gasteiger partial charge in [-0.1, -0.05) is 20.8 Å². The lowest BCUT2D eigenvalue weighted by Crippen LogP contribution is -2.16. The van der Waals surface area contributed by atoms with E-state index in [1.807, 2.05) is 0 Å². The Morgan fingerprint density at radius 2 is 1.00 bits per heavy atom. The molecule has 0 N–H and O–H groups in total. The third-order valence-corrected chi connectivity index (χ3v) is 2.41. The molecule has 0 aromatic heterocycles. The van der Waals surface area contributed by atoms with Crippen LogP contribution in [0, 0.1) is 29.6 Å². The lowest BCUT2D eigenvalue weighted by Gasteiger charge is -2.28. The number of hydrogen-bond acceptors (Lipinski definition) is 1. The van der Waals surface area contributed by atoms with Gasteiger partial charge < -0.3 is 0 Å². The highest BCUT2D eigenvalue weighted by Gasteiger charge is 2.19. The number of hydrogen-bond donors (Lipinski definition) is 0. The van der Waals surface area contributed by atoms with Crippen molar-refractivity contribution in [3.63, 3.8) is 0 Å². The quantitative estimate of drug-likeness (QED) is 0.524. The van der Waals surface area contributed by atoms with Gasteiger partial charge in [0.2, 0.25) is 0 Å². The summed E-state index contributed by atoms with van der Waals surface area (Å²) in [5.74, 6) is 2.97. The smallest absolute Gasteiger partial charge is 0.0462 e. The molecule has 0 aromatic rings. The molecule has 0 heterocycles. The van der Waals surface area contributed by atoms with Gasteiger partial charge in [-0.15, -0.1) is 0 Å². The molecule has 0 saturated heterocycles. The van der Waals surface area contributed by atoms with Crippen molar-refractivity contribution in [2.45, 2.75) is 40.0 Å². The number of nitriles is 1. The molecular formula is C10H19N. The van der Waals surface area contributed by atoms with E-state index in [9.17, 15) is 0 Å². The van der Waals surface area contributed by atoms with Gasteiger partial charge >= 0.3 is 0 Å². The zero-order valence-electron chi connectivity index (χ0n) is 7.88. The zero-order valence-corrected chi connectivity index (χ0v) is 7.88. The highest BCUT2D eigenvalue weighted by atomic mass is 14.3. The molecule has 1 aliphatic carbocycles. The highest BCUT2D eigenvalue weighted by molar-refractivity contribution is 4.71. The van der Waals surface area contributed by atoms with Gasteiger partial charge in [0.05, 0.1) is 0 Å². The summed E-state index contributed by atoms with van der Waals surface area (Å²) in [4.78, 5) is 0. The van der Waals surface area contributed by atoms with E-state index >= 15 is 0 Å². The van der Waals surface area contributed by atoms with Crippen LogP contribution in [-0.4, -0.2) is 0 Å². The first kappa shape index (κ1) is 10.5. The van der Waals surface area contributed by atoms with Gasteiger partial charge in [-0.25, -0.2) is 5.26 Å². The van der Waals surface area contributed by atoms with Crippen molar-refractivity contribution in [1.82, 2.24) is 0 Å². The summed E-state index contributed by atoms with van der Waals surface area (Å²) in [6.45, 7) is 10.6. The Labute approximate surface area is 70.4 Å². The first-order valence-electron chi connectivity index (χ1n) is 4.44. The molecule has 0 atom stereocenters. The fourth-order valence-corrected chi connectivity index (χ4v) is 2.35. The molecule has 0 bridgehead atoms. The van der Waals surface area contributed by atoms with Gasteiger partial charge in [-0.05, 0) is 37.0 Å². The Hall–Kier alpha value is -0.510. The van der Waals surface area contributed by atoms with Gasteiger partial charge in [0.1, 0.15) is 0 Å². The molecule has 0 spiro atoms. The molecule has 0 aromatic carbocycles. The predicted molar refractivity (Wildman–Crippen MR) is 48.0 cm³/mol. The SMILES string of the molecule is C#N.CC1CC(C)CC(C)C1. The van der Waals surface area contributed by atoms with Crippen LogP contribution in [0.3, 0.4) is 0 Å². The summed E-state index contributed by atoms with van der Waals surface area (Å²) in [7, 11) is 0. The Morgan fingerprint density at radius 1 is 0.818 bits per heavy atom. The molecule has 64 valence electrons. The first-order chi connectivity index (χ1) is 5.18. The summed E-state index contributed by atoms with van der Waals surface area (Å²) in [5.41, 5.74) is 0. The molecule has 0 amide bonds. The number of rotatable bonds is 0. The largest absolute Gasteiger partial charge is 0.202 e. The standard InChI is InChI=1S/C9H18.CHN/c1-7-4-8(2)6-9(3)5-7;1-2/h7-9H,4-6H2,1-3H3;1H. The van der Waals surface area contributed by atoms with Crippen molar-refractivity contribution in [1.29, 1.82) is 5.26 Å². The van der Waals surface area contributed by atoms with Crippen LogP contribution >= 0.6 is 0 Å². The van der Waals surface area contributed by atoms with E-state index in [2.05, 4.69) is 27.3 Å². The van der Waals surface area contributed by atoms with Crippen LogP contribution in [0.1, 0.15) is 40.0 Å². The first-order valence-corrected chi connectivity index (χ1v) is 4.44. The minimum absolute atomic E-state index is 0.990. The van der Waals surface area contributed by atoms with E-state index in [1.165, 1.54) is 19.3 Å². The second-order valence-corrected chi connectivity index (χ2v) is 4.02. The van der Waals surface area contributed by atoms with Gasteiger partial charge in [0.25, 0.3) is 0 Å². The fraction of sp³-hybridized carbons (Fsp3) is 0.900. The van der Waals surface area contributed by atoms with Crippen LogP contribution in [0.2, 0.25) is 0 Å². The molecule has 1 heteroatoms. The summed E-state index contributed by atoms with van der Waals surface area (Å²) >= 11 is 0. The lowest BCUT2D eigenvalue weighted by atomic mass is 9.78. The average molecular weight is 153 g/mol. The maximum atomic E-state index is 6.50. The molecule has 1 saturated carbocycles. The second kappa shape index (κ2) is 5.18. The van der Waals surface area contributed by atoms with Crippen molar-refractivity contribution >= 4 is 0 Å². The maximum absolute atomic E-state index is 6.50. The predicted octanol–water partition coefficient (Wildman–Crippen LogP) is 3.22. The third kappa shape index (κ3) is 4.03. The molecule has 0 aliphatic heterocycles. The van der Waals surface area contributed by atoms with E-state index in [1.54, 1.807) is 0 Å². The Balaban J connectivity index is 0.000000461. The van der Waals surface area contributed by atoms with Gasteiger partial charge in [-0.3, -0.25) is 0 Å². The van der Waals surface area contributed by atoms with Crippen molar-refractivity contribution in [2.75, 3.05) is 0 Å². The molecule has 1 rings (SSSR count). The number of nitrogens with zero attached hydrogens (tertiary/aromatic N) is 1. The highest BCUT2D eigenvalue weighted by Crippen LogP contribution is 2.31. The summed E-state index contributed by atoms with van der Waals surface area (Å²) in [5, 5.41) is 6.50. The molecule has 0 radical (unpaired) electrons. The van der Waals surface area contributed by atoms with Crippen LogP contribution < -0.4 is 0 Å². The van der Waals surface area contributed by atoms with Crippen molar-refractivity contribution in [3.8, 4) is 6.57 Å². The van der Waals surface area contributed by atoms with Crippen LogP contribution in [0.4, 0.5) is 0 Å². The topological polar surface area (TPSA) is 23.8 Å². The van der Waals surface area contributed by atoms with E-state index in [0.29, 0.717) is 0 Å². The van der Waals surface area contributed by atoms with E-state index in [4.69, 9.17) is 5.26 Å². The second-order valence-electron chi connectivity index (χ2n) is 4.02. The maximum Gasteiger partial charge on any atom is 0.0462 e. The van der Waals surface area contributed by atoms with Gasteiger partial charge in [0.15, 0.2) is 0 Å². The molecule has 11 heavy (non-hydrogen) atoms. The molecule has 1 fully saturated rings. The lowest BCUT2D eigenvalue weighted by molar-refractivity contribution is 0.233. The van der Waals surface area contributed by atoms with E-state index in [0.717, 1.165) is 17.8 Å². The minimum atomic E-state index is 0.990. The van der Waals surface area contributed by atoms with Crippen LogP contribution in [-0.2, 0) is 0 Å².